The number of likely N-dealkylation sites (N-methyl/N-ethyl adjacent to an activating group) is 1. The molecule has 0 aromatic heterocycles. The molecule has 2 amide bonds. The average molecular weight is 728 g/mol. The second-order valence-corrected chi connectivity index (χ2v) is 14.5. The quantitative estimate of drug-likeness (QED) is 0.0882. The molecule has 1 heterocycles. The Kier molecular flexibility index (Phi) is 13.6. The van der Waals surface area contributed by atoms with E-state index in [2.05, 4.69) is 102 Å². The fraction of sp³-hybridized carbons (Fsp3) is 0.348. The zero-order valence-corrected chi connectivity index (χ0v) is 31.7. The van der Waals surface area contributed by atoms with Crippen molar-refractivity contribution >= 4 is 22.6 Å². The summed E-state index contributed by atoms with van der Waals surface area (Å²) in [5.41, 5.74) is 7.25. The highest BCUT2D eigenvalue weighted by atomic mass is 16.7. The largest absolute Gasteiger partial charge is 0.392 e. The van der Waals surface area contributed by atoms with Gasteiger partial charge in [-0.1, -0.05) is 103 Å². The summed E-state index contributed by atoms with van der Waals surface area (Å²) in [5.74, 6) is 0.00383. The molecule has 1 aliphatic rings. The molecular formula is C46H53N3O5. The molecule has 54 heavy (non-hydrogen) atoms. The molecule has 0 unspecified atom stereocenters. The van der Waals surface area contributed by atoms with E-state index < -0.39 is 6.29 Å². The Labute approximate surface area is 319 Å². The molecule has 0 radical (unpaired) electrons. The number of hydrogen-bond donors (Lipinski definition) is 3. The van der Waals surface area contributed by atoms with Crippen LogP contribution < -0.4 is 10.6 Å². The van der Waals surface area contributed by atoms with E-state index in [1.54, 1.807) is 0 Å². The van der Waals surface area contributed by atoms with E-state index in [0.29, 0.717) is 25.9 Å². The number of fused-ring (bicyclic) bond motifs is 1. The maximum Gasteiger partial charge on any atom is 0.220 e. The van der Waals surface area contributed by atoms with Crippen LogP contribution in [-0.2, 0) is 32.2 Å². The van der Waals surface area contributed by atoms with Gasteiger partial charge in [-0.3, -0.25) is 14.5 Å². The minimum absolute atomic E-state index is 0.000108. The number of nitrogens with zero attached hydrogens (tertiary/aromatic N) is 1. The molecule has 282 valence electrons. The van der Waals surface area contributed by atoms with Gasteiger partial charge in [-0.15, -0.1) is 0 Å². The lowest BCUT2D eigenvalue weighted by atomic mass is 9.97. The number of carbonyl (C=O) groups is 2. The Bertz CT molecular complexity index is 2000. The van der Waals surface area contributed by atoms with E-state index in [1.165, 1.54) is 23.3 Å². The van der Waals surface area contributed by atoms with Crippen LogP contribution in [0.25, 0.3) is 21.9 Å². The first kappa shape index (κ1) is 38.9. The number of nitrogens with one attached hydrogen (secondary N) is 2. The third kappa shape index (κ3) is 10.6. The Morgan fingerprint density at radius 2 is 1.54 bits per heavy atom. The van der Waals surface area contributed by atoms with Crippen molar-refractivity contribution in [1.82, 2.24) is 15.5 Å². The molecule has 1 aliphatic heterocycles. The van der Waals surface area contributed by atoms with Gasteiger partial charge in [-0.05, 0) is 89.2 Å². The molecule has 1 saturated heterocycles. The third-order valence-electron chi connectivity index (χ3n) is 10.4. The van der Waals surface area contributed by atoms with E-state index >= 15 is 0 Å². The lowest BCUT2D eigenvalue weighted by Gasteiger charge is -2.39. The Balaban J connectivity index is 1.13. The fourth-order valence-corrected chi connectivity index (χ4v) is 7.10. The molecule has 4 atom stereocenters. The van der Waals surface area contributed by atoms with E-state index in [-0.39, 0.29) is 36.7 Å². The lowest BCUT2D eigenvalue weighted by Crippen LogP contribution is -2.38. The van der Waals surface area contributed by atoms with Crippen molar-refractivity contribution in [2.45, 2.75) is 83.6 Å². The Morgan fingerprint density at radius 3 is 2.31 bits per heavy atom. The molecule has 3 N–H and O–H groups in total. The SMILES string of the molecule is CC(=O)NCCCCCC(=O)NCc1cccc(-c2cccc([C@H]3O[C@@H](CN(C)[C@H](C)c4ccc5ccccc5c4)C[C@@H](c4ccc(CO)cc4)O3)c2)c1. The first-order valence-corrected chi connectivity index (χ1v) is 19.2. The van der Waals surface area contributed by atoms with Crippen molar-refractivity contribution in [2.24, 2.45) is 0 Å². The molecule has 0 spiro atoms. The van der Waals surface area contributed by atoms with E-state index in [4.69, 9.17) is 9.47 Å². The van der Waals surface area contributed by atoms with E-state index in [1.807, 2.05) is 42.5 Å². The summed E-state index contributed by atoms with van der Waals surface area (Å²) in [6, 6.07) is 39.9. The number of ether oxygens (including phenoxy) is 2. The number of amides is 2. The van der Waals surface area contributed by atoms with Crippen LogP contribution in [-0.4, -0.2) is 48.1 Å². The summed E-state index contributed by atoms with van der Waals surface area (Å²) in [6.45, 7) is 5.58. The monoisotopic (exact) mass is 727 g/mol. The van der Waals surface area contributed by atoms with Gasteiger partial charge in [0.15, 0.2) is 6.29 Å². The van der Waals surface area contributed by atoms with Crippen LogP contribution in [0.3, 0.4) is 0 Å². The van der Waals surface area contributed by atoms with Crippen molar-refractivity contribution < 1.29 is 24.2 Å². The standard InChI is InChI=1S/C46H53N3O5/c1-32(38-23-22-36-12-6-7-13-40(36)26-38)49(3)30-43-28-44(37-20-18-34(31-50)19-21-37)54-46(53-43)42-16-10-15-41(27-42)39-14-9-11-35(25-39)29-48-45(52)17-5-4-8-24-47-33(2)51/h6-7,9-16,18-23,25-27,32,43-44,46,50H,4-5,8,17,24,28-31H2,1-3H3,(H,47,51)(H,48,52)/t32-,43-,44+,46+/m1/s1. The van der Waals surface area contributed by atoms with Crippen LogP contribution in [0, 0.1) is 0 Å². The highest BCUT2D eigenvalue weighted by Gasteiger charge is 2.33. The van der Waals surface area contributed by atoms with Crippen LogP contribution in [0.5, 0.6) is 0 Å². The van der Waals surface area contributed by atoms with Gasteiger partial charge < -0.3 is 25.2 Å². The summed E-state index contributed by atoms with van der Waals surface area (Å²) >= 11 is 0. The Hall–Kier alpha value is -4.86. The smallest absolute Gasteiger partial charge is 0.220 e. The van der Waals surface area contributed by atoms with Gasteiger partial charge in [0.1, 0.15) is 0 Å². The highest BCUT2D eigenvalue weighted by Crippen LogP contribution is 2.39. The van der Waals surface area contributed by atoms with Crippen molar-refractivity contribution in [1.29, 1.82) is 0 Å². The molecule has 5 aromatic carbocycles. The zero-order valence-electron chi connectivity index (χ0n) is 31.7. The van der Waals surface area contributed by atoms with Gasteiger partial charge >= 0.3 is 0 Å². The van der Waals surface area contributed by atoms with E-state index in [9.17, 15) is 14.7 Å². The van der Waals surface area contributed by atoms with Crippen molar-refractivity contribution in [3.8, 4) is 11.1 Å². The zero-order chi connectivity index (χ0) is 37.9. The van der Waals surface area contributed by atoms with Crippen LogP contribution >= 0.6 is 0 Å². The maximum atomic E-state index is 12.5. The van der Waals surface area contributed by atoms with Crippen molar-refractivity contribution in [3.05, 3.63) is 143 Å². The molecular weight excluding hydrogens is 675 g/mol. The number of aliphatic hydroxyl groups is 1. The predicted octanol–water partition coefficient (Wildman–Crippen LogP) is 8.55. The highest BCUT2D eigenvalue weighted by molar-refractivity contribution is 5.83. The fourth-order valence-electron chi connectivity index (χ4n) is 7.10. The third-order valence-corrected chi connectivity index (χ3v) is 10.4. The van der Waals surface area contributed by atoms with Gasteiger partial charge in [0.2, 0.25) is 11.8 Å². The average Bonchev–Trinajstić information content (AvgIpc) is 3.20. The van der Waals surface area contributed by atoms with Crippen molar-refractivity contribution in [3.63, 3.8) is 0 Å². The first-order valence-electron chi connectivity index (χ1n) is 19.2. The van der Waals surface area contributed by atoms with Gasteiger partial charge in [0.25, 0.3) is 0 Å². The minimum atomic E-state index is -0.573. The molecule has 0 aliphatic carbocycles. The van der Waals surface area contributed by atoms with Crippen molar-refractivity contribution in [2.75, 3.05) is 20.1 Å². The first-order chi connectivity index (χ1) is 26.2. The van der Waals surface area contributed by atoms with Gasteiger partial charge in [-0.25, -0.2) is 0 Å². The maximum absolute atomic E-state index is 12.5. The summed E-state index contributed by atoms with van der Waals surface area (Å²) in [4.78, 5) is 25.9. The number of benzene rings is 5. The summed E-state index contributed by atoms with van der Waals surface area (Å²) < 4.78 is 13.5. The molecule has 6 rings (SSSR count). The molecule has 5 aromatic rings. The molecule has 8 heteroatoms. The molecule has 0 bridgehead atoms. The van der Waals surface area contributed by atoms with Crippen LogP contribution in [0.15, 0.2) is 115 Å². The van der Waals surface area contributed by atoms with Crippen LogP contribution in [0.1, 0.15) is 92.2 Å². The number of hydrogen-bond acceptors (Lipinski definition) is 6. The van der Waals surface area contributed by atoms with Crippen LogP contribution in [0.2, 0.25) is 0 Å². The molecule has 8 nitrogen and oxygen atoms in total. The predicted molar refractivity (Wildman–Crippen MR) is 214 cm³/mol. The number of aliphatic hydroxyl groups excluding tert-OH is 1. The summed E-state index contributed by atoms with van der Waals surface area (Å²) in [7, 11) is 2.16. The lowest BCUT2D eigenvalue weighted by molar-refractivity contribution is -0.253. The summed E-state index contributed by atoms with van der Waals surface area (Å²) in [6.07, 6.45) is 2.88. The normalized spacial score (nSPS) is 17.7. The number of carbonyl (C=O) groups excluding carboxylic acids is 2. The Morgan fingerprint density at radius 1 is 0.778 bits per heavy atom. The van der Waals surface area contributed by atoms with Gasteiger partial charge in [-0.2, -0.15) is 0 Å². The second-order valence-electron chi connectivity index (χ2n) is 14.5. The topological polar surface area (TPSA) is 100 Å². The second kappa shape index (κ2) is 18.9. The van der Waals surface area contributed by atoms with Gasteiger partial charge in [0.05, 0.1) is 18.8 Å². The molecule has 0 saturated carbocycles. The number of unbranched alkanes of at least 4 members (excludes halogenated alkanes) is 2. The van der Waals surface area contributed by atoms with E-state index in [0.717, 1.165) is 59.2 Å². The summed E-state index contributed by atoms with van der Waals surface area (Å²) in [5, 5.41) is 18.0. The van der Waals surface area contributed by atoms with Gasteiger partial charge in [0, 0.05) is 51.0 Å². The molecule has 1 fully saturated rings. The minimum Gasteiger partial charge on any atom is -0.392 e. The van der Waals surface area contributed by atoms with Crippen LogP contribution in [0.4, 0.5) is 0 Å². The number of rotatable bonds is 16.